The number of phenols is 1. The summed E-state index contributed by atoms with van der Waals surface area (Å²) in [6.07, 6.45) is 7.86. The summed E-state index contributed by atoms with van der Waals surface area (Å²) in [6.45, 7) is 2.08. The fourth-order valence-electron chi connectivity index (χ4n) is 1.60. The third-order valence-corrected chi connectivity index (χ3v) is 2.68. The van der Waals surface area contributed by atoms with Gasteiger partial charge in [0.2, 0.25) is 0 Å². The van der Waals surface area contributed by atoms with Gasteiger partial charge in [0.15, 0.2) is 5.78 Å². The van der Waals surface area contributed by atoms with Crippen LogP contribution in [0.5, 0.6) is 5.75 Å². The van der Waals surface area contributed by atoms with Gasteiger partial charge >= 0.3 is 0 Å². The second-order valence-corrected chi connectivity index (χ2v) is 4.42. The molecule has 0 heterocycles. The first-order valence-electron chi connectivity index (χ1n) is 6.52. The fraction of sp³-hybridized carbons (Fsp3) is 0.312. The predicted molar refractivity (Wildman–Crippen MR) is 77.0 cm³/mol. The maximum Gasteiger partial charge on any atom is 0.159 e. The van der Waals surface area contributed by atoms with Crippen molar-refractivity contribution < 1.29 is 15.0 Å². The Morgan fingerprint density at radius 3 is 2.53 bits per heavy atom. The molecule has 0 radical (unpaired) electrons. The van der Waals surface area contributed by atoms with Crippen molar-refractivity contribution in [3.05, 3.63) is 47.7 Å². The van der Waals surface area contributed by atoms with Crippen molar-refractivity contribution in [2.24, 2.45) is 0 Å². The fourth-order valence-corrected chi connectivity index (χ4v) is 1.60. The molecule has 3 nitrogen and oxygen atoms in total. The molecule has 0 aliphatic heterocycles. The lowest BCUT2D eigenvalue weighted by molar-refractivity contribution is -0.114. The van der Waals surface area contributed by atoms with Gasteiger partial charge in [-0.2, -0.15) is 0 Å². The summed E-state index contributed by atoms with van der Waals surface area (Å²) in [7, 11) is 0. The molecule has 102 valence electrons. The summed E-state index contributed by atoms with van der Waals surface area (Å²) in [5.74, 6) is 0.0962. The van der Waals surface area contributed by atoms with E-state index in [1.54, 1.807) is 30.3 Å². The highest BCUT2D eigenvalue weighted by atomic mass is 16.3. The lowest BCUT2D eigenvalue weighted by atomic mass is 10.1. The van der Waals surface area contributed by atoms with E-state index in [1.807, 2.05) is 0 Å². The molecule has 1 aromatic rings. The molecule has 0 bridgehead atoms. The Balaban J connectivity index is 2.51. The number of hydrogen-bond acceptors (Lipinski definition) is 3. The van der Waals surface area contributed by atoms with Crippen molar-refractivity contribution in [1.29, 1.82) is 0 Å². The van der Waals surface area contributed by atoms with E-state index in [9.17, 15) is 9.90 Å². The lowest BCUT2D eigenvalue weighted by Gasteiger charge is -1.96. The standard InChI is InChI=1S/C16H20O3/c1-2-3-4-5-15(18)12-16(19)11-8-13-6-9-14(17)10-7-13/h6-12,17,19H,2-5H2,1H3/b11-8+,16-12-. The molecule has 3 heteroatoms. The van der Waals surface area contributed by atoms with Gasteiger partial charge in [-0.05, 0) is 30.2 Å². The van der Waals surface area contributed by atoms with Crippen molar-refractivity contribution in [2.75, 3.05) is 0 Å². The van der Waals surface area contributed by atoms with Gasteiger partial charge in [-0.25, -0.2) is 0 Å². The first-order valence-corrected chi connectivity index (χ1v) is 6.52. The summed E-state index contributed by atoms with van der Waals surface area (Å²) in [6, 6.07) is 6.58. The summed E-state index contributed by atoms with van der Waals surface area (Å²) >= 11 is 0. The number of ketones is 1. The number of hydrogen-bond donors (Lipinski definition) is 2. The number of unbranched alkanes of at least 4 members (excludes halogenated alkanes) is 2. The largest absolute Gasteiger partial charge is 0.508 e. The van der Waals surface area contributed by atoms with E-state index in [1.165, 1.54) is 12.2 Å². The number of aromatic hydroxyl groups is 1. The topological polar surface area (TPSA) is 57.5 Å². The summed E-state index contributed by atoms with van der Waals surface area (Å²) in [5, 5.41) is 18.7. The zero-order chi connectivity index (χ0) is 14.1. The van der Waals surface area contributed by atoms with Crippen LogP contribution in [0.25, 0.3) is 6.08 Å². The second kappa shape index (κ2) is 8.14. The molecule has 0 atom stereocenters. The molecule has 0 aliphatic rings. The van der Waals surface area contributed by atoms with Crippen LogP contribution in [0.2, 0.25) is 0 Å². The van der Waals surface area contributed by atoms with Gasteiger partial charge in [-0.1, -0.05) is 38.0 Å². The summed E-state index contributed by atoms with van der Waals surface area (Å²) < 4.78 is 0. The van der Waals surface area contributed by atoms with Crippen LogP contribution in [0.3, 0.4) is 0 Å². The van der Waals surface area contributed by atoms with E-state index in [0.717, 1.165) is 24.8 Å². The molecule has 1 aromatic carbocycles. The highest BCUT2D eigenvalue weighted by molar-refractivity contribution is 5.90. The van der Waals surface area contributed by atoms with Crippen LogP contribution in [-0.2, 0) is 4.79 Å². The van der Waals surface area contributed by atoms with Gasteiger partial charge in [0.25, 0.3) is 0 Å². The van der Waals surface area contributed by atoms with Crippen LogP contribution >= 0.6 is 0 Å². The molecular formula is C16H20O3. The molecule has 0 spiro atoms. The van der Waals surface area contributed by atoms with E-state index in [0.29, 0.717) is 6.42 Å². The Morgan fingerprint density at radius 1 is 1.21 bits per heavy atom. The maximum absolute atomic E-state index is 11.5. The zero-order valence-electron chi connectivity index (χ0n) is 11.2. The Kier molecular flexibility index (Phi) is 6.44. The average Bonchev–Trinajstić information content (AvgIpc) is 2.38. The minimum Gasteiger partial charge on any atom is -0.508 e. The van der Waals surface area contributed by atoms with Crippen LogP contribution in [-0.4, -0.2) is 16.0 Å². The van der Waals surface area contributed by atoms with Gasteiger partial charge in [-0.3, -0.25) is 4.79 Å². The molecular weight excluding hydrogens is 240 g/mol. The van der Waals surface area contributed by atoms with Crippen molar-refractivity contribution in [3.8, 4) is 5.75 Å². The predicted octanol–water partition coefficient (Wildman–Crippen LogP) is 4.00. The quantitative estimate of drug-likeness (QED) is 0.337. The maximum atomic E-state index is 11.5. The minimum absolute atomic E-state index is 0.0467. The molecule has 0 fully saturated rings. The van der Waals surface area contributed by atoms with E-state index in [4.69, 9.17) is 5.11 Å². The Hall–Kier alpha value is -2.03. The highest BCUT2D eigenvalue weighted by Crippen LogP contribution is 2.11. The number of allylic oxidation sites excluding steroid dienone is 2. The lowest BCUT2D eigenvalue weighted by Crippen LogP contribution is -1.94. The monoisotopic (exact) mass is 260 g/mol. The molecule has 0 saturated carbocycles. The van der Waals surface area contributed by atoms with E-state index in [-0.39, 0.29) is 17.3 Å². The van der Waals surface area contributed by atoms with Crippen LogP contribution in [0.1, 0.15) is 38.2 Å². The Bertz CT molecular complexity index is 455. The van der Waals surface area contributed by atoms with Crippen molar-refractivity contribution in [2.45, 2.75) is 32.6 Å². The van der Waals surface area contributed by atoms with Crippen LogP contribution in [0.15, 0.2) is 42.2 Å². The van der Waals surface area contributed by atoms with Gasteiger partial charge < -0.3 is 10.2 Å². The van der Waals surface area contributed by atoms with E-state index < -0.39 is 0 Å². The van der Waals surface area contributed by atoms with Gasteiger partial charge in [-0.15, -0.1) is 0 Å². The molecule has 0 aromatic heterocycles. The number of aliphatic hydroxyl groups excluding tert-OH is 1. The van der Waals surface area contributed by atoms with Crippen LogP contribution in [0, 0.1) is 0 Å². The molecule has 0 amide bonds. The van der Waals surface area contributed by atoms with Gasteiger partial charge in [0.05, 0.1) is 0 Å². The zero-order valence-corrected chi connectivity index (χ0v) is 11.2. The smallest absolute Gasteiger partial charge is 0.159 e. The first kappa shape index (κ1) is 15.0. The number of benzene rings is 1. The number of phenolic OH excluding ortho intramolecular Hbond substituents is 1. The van der Waals surface area contributed by atoms with Gasteiger partial charge in [0.1, 0.15) is 11.5 Å². The first-order chi connectivity index (χ1) is 9.11. The highest BCUT2D eigenvalue weighted by Gasteiger charge is 1.98. The normalized spacial score (nSPS) is 11.9. The van der Waals surface area contributed by atoms with Crippen molar-refractivity contribution in [3.63, 3.8) is 0 Å². The number of rotatable bonds is 7. The third kappa shape index (κ3) is 6.46. The minimum atomic E-state index is -0.0543. The Morgan fingerprint density at radius 2 is 1.89 bits per heavy atom. The van der Waals surface area contributed by atoms with Gasteiger partial charge in [0, 0.05) is 12.5 Å². The average molecular weight is 260 g/mol. The third-order valence-electron chi connectivity index (χ3n) is 2.68. The van der Waals surface area contributed by atoms with E-state index >= 15 is 0 Å². The van der Waals surface area contributed by atoms with Crippen molar-refractivity contribution in [1.82, 2.24) is 0 Å². The molecule has 19 heavy (non-hydrogen) atoms. The summed E-state index contributed by atoms with van der Waals surface area (Å²) in [4.78, 5) is 11.5. The van der Waals surface area contributed by atoms with E-state index in [2.05, 4.69) is 6.92 Å². The van der Waals surface area contributed by atoms with Crippen LogP contribution in [0.4, 0.5) is 0 Å². The SMILES string of the molecule is CCCCCC(=O)/C=C(O)/C=C/c1ccc(O)cc1. The molecule has 0 aliphatic carbocycles. The molecule has 2 N–H and O–H groups in total. The van der Waals surface area contributed by atoms with Crippen LogP contribution < -0.4 is 0 Å². The number of carbonyl (C=O) groups is 1. The van der Waals surface area contributed by atoms with Crippen molar-refractivity contribution >= 4 is 11.9 Å². The summed E-state index contributed by atoms with van der Waals surface area (Å²) in [5.41, 5.74) is 0.844. The number of carbonyl (C=O) groups excluding carboxylic acids is 1. The number of aliphatic hydroxyl groups is 1. The molecule has 0 saturated heterocycles. The second-order valence-electron chi connectivity index (χ2n) is 4.42. The Labute approximate surface area is 113 Å². The molecule has 1 rings (SSSR count). The molecule has 0 unspecified atom stereocenters.